The Bertz CT molecular complexity index is 1330. The van der Waals surface area contributed by atoms with E-state index in [-0.39, 0.29) is 34.3 Å². The first-order chi connectivity index (χ1) is 17.6. The van der Waals surface area contributed by atoms with Crippen LogP contribution in [0.1, 0.15) is 19.4 Å². The predicted octanol–water partition coefficient (Wildman–Crippen LogP) is 3.88. The van der Waals surface area contributed by atoms with Crippen LogP contribution in [0.15, 0.2) is 48.2 Å². The second-order valence-corrected chi connectivity index (χ2v) is 8.48. The molecule has 1 aromatic carbocycles. The highest BCUT2D eigenvalue weighted by atomic mass is 19.1. The van der Waals surface area contributed by atoms with Gasteiger partial charge in [-0.3, -0.25) is 9.36 Å². The number of nitrogens with one attached hydrogen (secondary N) is 1. The van der Waals surface area contributed by atoms with E-state index in [2.05, 4.69) is 21.9 Å². The molecule has 37 heavy (non-hydrogen) atoms. The highest BCUT2D eigenvalue weighted by Crippen LogP contribution is 2.32. The third-order valence-electron chi connectivity index (χ3n) is 5.54. The number of nitrogens with zero attached hydrogens (tertiary/aromatic N) is 3. The van der Waals surface area contributed by atoms with Gasteiger partial charge in [0.05, 0.1) is 38.8 Å². The summed E-state index contributed by atoms with van der Waals surface area (Å²) in [6, 6.07) is 4.13. The fraction of sp³-hybridized carbons (Fsp3) is 0.320. The van der Waals surface area contributed by atoms with Gasteiger partial charge in [-0.1, -0.05) is 6.58 Å². The summed E-state index contributed by atoms with van der Waals surface area (Å²) in [6.45, 7) is 7.39. The van der Waals surface area contributed by atoms with Crippen molar-refractivity contribution in [3.05, 3.63) is 70.9 Å². The van der Waals surface area contributed by atoms with Crippen LogP contribution in [0.5, 0.6) is 17.2 Å². The number of ether oxygens (including phenoxy) is 5. The van der Waals surface area contributed by atoms with E-state index in [1.807, 2.05) is 0 Å². The van der Waals surface area contributed by atoms with E-state index in [1.54, 1.807) is 26.1 Å². The van der Waals surface area contributed by atoms with Crippen LogP contribution >= 0.6 is 0 Å². The molecule has 1 saturated heterocycles. The van der Waals surface area contributed by atoms with Gasteiger partial charge in [0.1, 0.15) is 12.7 Å². The fourth-order valence-corrected chi connectivity index (χ4v) is 3.60. The minimum Gasteiger partial charge on any atom is -0.494 e. The van der Waals surface area contributed by atoms with Gasteiger partial charge in [-0.25, -0.2) is 18.7 Å². The molecular weight excluding hydrogens is 490 g/mol. The summed E-state index contributed by atoms with van der Waals surface area (Å²) in [5.41, 5.74) is 0.209. The number of methoxy groups -OCH3 is 2. The Kier molecular flexibility index (Phi) is 7.41. The van der Waals surface area contributed by atoms with Crippen molar-refractivity contribution in [3.8, 4) is 17.2 Å². The van der Waals surface area contributed by atoms with E-state index in [4.69, 9.17) is 23.7 Å². The third kappa shape index (κ3) is 5.70. The first kappa shape index (κ1) is 26.0. The van der Waals surface area contributed by atoms with E-state index < -0.39 is 30.1 Å². The Balaban J connectivity index is 1.41. The second-order valence-electron chi connectivity index (χ2n) is 8.48. The largest absolute Gasteiger partial charge is 0.494 e. The molecule has 0 unspecified atom stereocenters. The van der Waals surface area contributed by atoms with Gasteiger partial charge in [0.25, 0.3) is 5.56 Å². The van der Waals surface area contributed by atoms with Crippen molar-refractivity contribution in [1.82, 2.24) is 14.5 Å². The summed E-state index contributed by atoms with van der Waals surface area (Å²) < 4.78 is 57.0. The maximum atomic E-state index is 14.5. The van der Waals surface area contributed by atoms with Crippen LogP contribution < -0.4 is 25.1 Å². The Labute approximate surface area is 211 Å². The lowest BCUT2D eigenvalue weighted by atomic mass is 10.1. The summed E-state index contributed by atoms with van der Waals surface area (Å²) in [7, 11) is 2.52. The zero-order valence-corrected chi connectivity index (χ0v) is 20.7. The molecule has 1 aliphatic rings. The number of hydrogen-bond donors (Lipinski definition) is 1. The molecule has 0 radical (unpaired) electrons. The van der Waals surface area contributed by atoms with Crippen LogP contribution in [0.2, 0.25) is 0 Å². The summed E-state index contributed by atoms with van der Waals surface area (Å²) >= 11 is 0. The molecule has 3 heterocycles. The zero-order valence-electron chi connectivity index (χ0n) is 20.7. The normalized spacial score (nSPS) is 16.3. The summed E-state index contributed by atoms with van der Waals surface area (Å²) in [4.78, 5) is 20.9. The quantitative estimate of drug-likeness (QED) is 0.454. The van der Waals surface area contributed by atoms with Gasteiger partial charge in [0, 0.05) is 29.7 Å². The number of anilines is 2. The van der Waals surface area contributed by atoms with Crippen molar-refractivity contribution in [2.24, 2.45) is 0 Å². The van der Waals surface area contributed by atoms with Crippen LogP contribution in [-0.4, -0.2) is 47.3 Å². The third-order valence-corrected chi connectivity index (χ3v) is 5.54. The van der Waals surface area contributed by atoms with Crippen molar-refractivity contribution < 1.29 is 32.5 Å². The Morgan fingerprint density at radius 1 is 1.19 bits per heavy atom. The lowest BCUT2D eigenvalue weighted by Gasteiger charge is -2.19. The summed E-state index contributed by atoms with van der Waals surface area (Å²) in [5.74, 6) is -2.54. The molecule has 0 spiro atoms. The van der Waals surface area contributed by atoms with Gasteiger partial charge in [0.15, 0.2) is 34.7 Å². The highest BCUT2D eigenvalue weighted by molar-refractivity contribution is 5.55. The second kappa shape index (κ2) is 10.5. The van der Waals surface area contributed by atoms with Crippen molar-refractivity contribution >= 4 is 17.3 Å². The SMILES string of the molecule is C=C([C@H]1COC(C)(C)O1)n1ccc(Nc2ncc(OCc3c(F)c(OC)cc(OC)c3F)cn2)cc1=O. The lowest BCUT2D eigenvalue weighted by Crippen LogP contribution is -2.27. The molecule has 3 aromatic rings. The van der Waals surface area contributed by atoms with Gasteiger partial charge in [-0.15, -0.1) is 0 Å². The maximum absolute atomic E-state index is 14.5. The Morgan fingerprint density at radius 2 is 1.84 bits per heavy atom. The molecule has 1 fully saturated rings. The van der Waals surface area contributed by atoms with Crippen molar-refractivity contribution in [3.63, 3.8) is 0 Å². The average Bonchev–Trinajstić information content (AvgIpc) is 3.24. The molecule has 1 N–H and O–H groups in total. The zero-order chi connectivity index (χ0) is 26.7. The van der Waals surface area contributed by atoms with E-state index in [0.29, 0.717) is 18.0 Å². The minimum atomic E-state index is -0.895. The van der Waals surface area contributed by atoms with Crippen LogP contribution in [0.4, 0.5) is 20.4 Å². The van der Waals surface area contributed by atoms with E-state index in [9.17, 15) is 13.6 Å². The number of pyridine rings is 1. The Hall–Kier alpha value is -4.03. The van der Waals surface area contributed by atoms with E-state index in [1.165, 1.54) is 37.2 Å². The van der Waals surface area contributed by atoms with Gasteiger partial charge >= 0.3 is 0 Å². The Morgan fingerprint density at radius 3 is 2.38 bits per heavy atom. The average molecular weight is 517 g/mol. The number of halogens is 2. The molecule has 1 aliphatic heterocycles. The van der Waals surface area contributed by atoms with Crippen molar-refractivity contribution in [2.45, 2.75) is 32.3 Å². The van der Waals surface area contributed by atoms with Crippen LogP contribution in [0.25, 0.3) is 5.70 Å². The van der Waals surface area contributed by atoms with E-state index >= 15 is 0 Å². The molecule has 0 aliphatic carbocycles. The number of aromatic nitrogens is 3. The van der Waals surface area contributed by atoms with Crippen molar-refractivity contribution in [2.75, 3.05) is 26.1 Å². The molecule has 12 heteroatoms. The molecule has 196 valence electrons. The first-order valence-corrected chi connectivity index (χ1v) is 11.2. The van der Waals surface area contributed by atoms with Crippen LogP contribution in [0.3, 0.4) is 0 Å². The molecule has 2 aromatic heterocycles. The van der Waals surface area contributed by atoms with Crippen LogP contribution in [-0.2, 0) is 16.1 Å². The van der Waals surface area contributed by atoms with Gasteiger partial charge in [0.2, 0.25) is 5.95 Å². The van der Waals surface area contributed by atoms with Gasteiger partial charge < -0.3 is 29.0 Å². The molecule has 0 saturated carbocycles. The smallest absolute Gasteiger partial charge is 0.256 e. The summed E-state index contributed by atoms with van der Waals surface area (Å²) in [5, 5.41) is 2.91. The molecular formula is C25H26F2N4O6. The van der Waals surface area contributed by atoms with Crippen molar-refractivity contribution in [1.29, 1.82) is 0 Å². The standard InChI is InChI=1S/C25H26F2N4O6/c1-14(20-13-36-25(2,3)37-20)31-7-6-15(8-21(31)32)30-24-28-10-16(11-29-24)35-12-17-22(26)18(33-4)9-19(34-5)23(17)27/h6-11,20H,1,12-13H2,2-5H3,(H,28,29,30)/t20-/m1/s1. The monoisotopic (exact) mass is 516 g/mol. The fourth-order valence-electron chi connectivity index (χ4n) is 3.60. The number of rotatable bonds is 9. The van der Waals surface area contributed by atoms with Gasteiger partial charge in [-0.2, -0.15) is 0 Å². The maximum Gasteiger partial charge on any atom is 0.256 e. The molecule has 0 bridgehead atoms. The van der Waals surface area contributed by atoms with E-state index in [0.717, 1.165) is 6.07 Å². The van der Waals surface area contributed by atoms with Gasteiger partial charge in [-0.05, 0) is 19.9 Å². The summed E-state index contributed by atoms with van der Waals surface area (Å²) in [6.07, 6.45) is 3.77. The predicted molar refractivity (Wildman–Crippen MR) is 130 cm³/mol. The number of hydrogen-bond acceptors (Lipinski definition) is 9. The molecule has 4 rings (SSSR count). The first-order valence-electron chi connectivity index (χ1n) is 11.2. The molecule has 1 atom stereocenters. The molecule has 0 amide bonds. The molecule has 10 nitrogen and oxygen atoms in total. The lowest BCUT2D eigenvalue weighted by molar-refractivity contribution is -0.132. The topological polar surface area (TPSA) is 106 Å². The number of benzene rings is 1. The minimum absolute atomic E-state index is 0.166. The highest BCUT2D eigenvalue weighted by Gasteiger charge is 2.34. The van der Waals surface area contributed by atoms with Crippen LogP contribution in [0, 0.1) is 11.6 Å².